The second-order valence-electron chi connectivity index (χ2n) is 7.09. The number of aromatic amines is 1. The number of benzene rings is 2. The fourth-order valence-corrected chi connectivity index (χ4v) is 3.80. The summed E-state index contributed by atoms with van der Waals surface area (Å²) in [7, 11) is 0. The molecule has 4 nitrogen and oxygen atoms in total. The lowest BCUT2D eigenvalue weighted by molar-refractivity contribution is -0.116. The van der Waals surface area contributed by atoms with Crippen LogP contribution in [0.1, 0.15) is 45.8 Å². The SMILES string of the molecule is Cc1cccc(C(Cc2ccc3c(c2)CCC(=O)N3)c2cnc[nH]2)c1C. The molecule has 1 aliphatic heterocycles. The fourth-order valence-electron chi connectivity index (χ4n) is 3.80. The van der Waals surface area contributed by atoms with Gasteiger partial charge in [-0.2, -0.15) is 0 Å². The zero-order valence-electron chi connectivity index (χ0n) is 15.2. The topological polar surface area (TPSA) is 57.8 Å². The number of rotatable bonds is 4. The molecule has 0 saturated heterocycles. The number of carbonyl (C=O) groups is 1. The first-order valence-corrected chi connectivity index (χ1v) is 9.08. The Morgan fingerprint density at radius 1 is 1.15 bits per heavy atom. The molecule has 0 radical (unpaired) electrons. The molecule has 0 bridgehead atoms. The Hall–Kier alpha value is -2.88. The Morgan fingerprint density at radius 2 is 2.04 bits per heavy atom. The van der Waals surface area contributed by atoms with Crippen molar-refractivity contribution < 1.29 is 4.79 Å². The molecular weight excluding hydrogens is 322 g/mol. The Labute approximate surface area is 153 Å². The first-order chi connectivity index (χ1) is 12.6. The molecule has 0 spiro atoms. The molecule has 132 valence electrons. The molecule has 1 amide bonds. The number of aryl methyl sites for hydroxylation is 2. The lowest BCUT2D eigenvalue weighted by atomic mass is 9.85. The number of nitrogens with one attached hydrogen (secondary N) is 2. The van der Waals surface area contributed by atoms with Gasteiger partial charge in [0.2, 0.25) is 5.91 Å². The summed E-state index contributed by atoms with van der Waals surface area (Å²) in [5, 5.41) is 2.96. The number of carbonyl (C=O) groups excluding carboxylic acids is 1. The maximum Gasteiger partial charge on any atom is 0.224 e. The van der Waals surface area contributed by atoms with E-state index in [2.05, 4.69) is 59.5 Å². The second kappa shape index (κ2) is 6.79. The molecule has 4 rings (SSSR count). The van der Waals surface area contributed by atoms with Crippen LogP contribution in [0.5, 0.6) is 0 Å². The standard InChI is InChI=1S/C22H23N3O/c1-14-4-3-5-18(15(14)2)19(21-12-23-13-24-21)11-16-6-8-20-17(10-16)7-9-22(26)25-20/h3-6,8,10,12-13,19H,7,9,11H2,1-2H3,(H,23,24)(H,25,26). The smallest absolute Gasteiger partial charge is 0.224 e. The Kier molecular flexibility index (Phi) is 4.33. The molecule has 0 aliphatic carbocycles. The maximum absolute atomic E-state index is 11.6. The van der Waals surface area contributed by atoms with Gasteiger partial charge >= 0.3 is 0 Å². The number of fused-ring (bicyclic) bond motifs is 1. The summed E-state index contributed by atoms with van der Waals surface area (Å²) in [4.78, 5) is 19.1. The van der Waals surface area contributed by atoms with Gasteiger partial charge in [0.1, 0.15) is 0 Å². The molecule has 4 heteroatoms. The molecule has 1 unspecified atom stereocenters. The van der Waals surface area contributed by atoms with Crippen LogP contribution < -0.4 is 5.32 Å². The van der Waals surface area contributed by atoms with Crippen LogP contribution in [0.3, 0.4) is 0 Å². The third-order valence-electron chi connectivity index (χ3n) is 5.42. The lowest BCUT2D eigenvalue weighted by Gasteiger charge is -2.22. The van der Waals surface area contributed by atoms with E-state index in [0.29, 0.717) is 6.42 Å². The Balaban J connectivity index is 1.70. The van der Waals surface area contributed by atoms with Crippen LogP contribution in [0.2, 0.25) is 0 Å². The summed E-state index contributed by atoms with van der Waals surface area (Å²) in [6.07, 6.45) is 5.94. The van der Waals surface area contributed by atoms with Crippen LogP contribution in [0.25, 0.3) is 0 Å². The van der Waals surface area contributed by atoms with E-state index in [9.17, 15) is 4.79 Å². The van der Waals surface area contributed by atoms with Gasteiger partial charge in [-0.1, -0.05) is 30.3 Å². The Bertz CT molecular complexity index is 944. The van der Waals surface area contributed by atoms with Crippen LogP contribution in [0.15, 0.2) is 48.9 Å². The van der Waals surface area contributed by atoms with Gasteiger partial charge in [0.15, 0.2) is 0 Å². The first kappa shape index (κ1) is 16.6. The van der Waals surface area contributed by atoms with Crippen molar-refractivity contribution in [3.63, 3.8) is 0 Å². The molecule has 1 aromatic heterocycles. The van der Waals surface area contributed by atoms with Crippen molar-refractivity contribution >= 4 is 11.6 Å². The fraction of sp³-hybridized carbons (Fsp3) is 0.273. The molecule has 2 aromatic carbocycles. The summed E-state index contributed by atoms with van der Waals surface area (Å²) < 4.78 is 0. The monoisotopic (exact) mass is 345 g/mol. The van der Waals surface area contributed by atoms with Gasteiger partial charge < -0.3 is 10.3 Å². The minimum Gasteiger partial charge on any atom is -0.348 e. The van der Waals surface area contributed by atoms with Crippen LogP contribution >= 0.6 is 0 Å². The summed E-state index contributed by atoms with van der Waals surface area (Å²) in [6.45, 7) is 4.35. The highest BCUT2D eigenvalue weighted by Crippen LogP contribution is 2.32. The summed E-state index contributed by atoms with van der Waals surface area (Å²) in [5.74, 6) is 0.338. The zero-order chi connectivity index (χ0) is 18.1. The van der Waals surface area contributed by atoms with Gasteiger partial charge in [0.25, 0.3) is 0 Å². The average molecular weight is 345 g/mol. The molecule has 1 atom stereocenters. The van der Waals surface area contributed by atoms with Gasteiger partial charge in [-0.25, -0.2) is 4.98 Å². The van der Waals surface area contributed by atoms with E-state index in [1.807, 2.05) is 12.3 Å². The minimum atomic E-state index is 0.107. The predicted octanol–water partition coefficient (Wildman–Crippen LogP) is 4.29. The number of imidazole rings is 1. The van der Waals surface area contributed by atoms with Crippen molar-refractivity contribution in [2.75, 3.05) is 5.32 Å². The lowest BCUT2D eigenvalue weighted by Crippen LogP contribution is -2.19. The van der Waals surface area contributed by atoms with Crippen LogP contribution in [0, 0.1) is 13.8 Å². The number of aromatic nitrogens is 2. The number of nitrogens with zero attached hydrogens (tertiary/aromatic N) is 1. The molecule has 0 saturated carbocycles. The van der Waals surface area contributed by atoms with Gasteiger partial charge in [0.05, 0.1) is 6.33 Å². The largest absolute Gasteiger partial charge is 0.348 e. The van der Waals surface area contributed by atoms with Crippen molar-refractivity contribution in [3.8, 4) is 0 Å². The van der Waals surface area contributed by atoms with Crippen molar-refractivity contribution in [3.05, 3.63) is 82.4 Å². The van der Waals surface area contributed by atoms with Crippen molar-refractivity contribution in [1.82, 2.24) is 9.97 Å². The van der Waals surface area contributed by atoms with Crippen LogP contribution in [-0.4, -0.2) is 15.9 Å². The predicted molar refractivity (Wildman–Crippen MR) is 103 cm³/mol. The molecule has 3 aromatic rings. The van der Waals surface area contributed by atoms with Crippen molar-refractivity contribution in [2.24, 2.45) is 0 Å². The summed E-state index contributed by atoms with van der Waals surface area (Å²) in [5.41, 5.74) is 8.56. The third-order valence-corrected chi connectivity index (χ3v) is 5.42. The highest BCUT2D eigenvalue weighted by Gasteiger charge is 2.21. The highest BCUT2D eigenvalue weighted by atomic mass is 16.1. The van der Waals surface area contributed by atoms with Gasteiger partial charge in [-0.3, -0.25) is 4.79 Å². The minimum absolute atomic E-state index is 0.107. The maximum atomic E-state index is 11.6. The molecule has 26 heavy (non-hydrogen) atoms. The normalized spacial score (nSPS) is 14.6. The molecule has 2 N–H and O–H groups in total. The van der Waals surface area contributed by atoms with E-state index in [1.165, 1.54) is 27.8 Å². The number of H-pyrrole nitrogens is 1. The zero-order valence-corrected chi connectivity index (χ0v) is 15.2. The van der Waals surface area contributed by atoms with E-state index < -0.39 is 0 Å². The van der Waals surface area contributed by atoms with E-state index in [1.54, 1.807) is 6.33 Å². The van der Waals surface area contributed by atoms with Gasteiger partial charge in [-0.15, -0.1) is 0 Å². The molecule has 2 heterocycles. The molecule has 1 aliphatic rings. The van der Waals surface area contributed by atoms with Crippen molar-refractivity contribution in [2.45, 2.75) is 39.0 Å². The summed E-state index contributed by atoms with van der Waals surface area (Å²) >= 11 is 0. The van der Waals surface area contributed by atoms with Gasteiger partial charge in [-0.05, 0) is 60.6 Å². The quantitative estimate of drug-likeness (QED) is 0.741. The number of amides is 1. The van der Waals surface area contributed by atoms with E-state index in [0.717, 1.165) is 24.2 Å². The molecule has 0 fully saturated rings. The van der Waals surface area contributed by atoms with E-state index in [-0.39, 0.29) is 11.8 Å². The number of hydrogen-bond donors (Lipinski definition) is 2. The van der Waals surface area contributed by atoms with E-state index >= 15 is 0 Å². The second-order valence-corrected chi connectivity index (χ2v) is 7.09. The number of hydrogen-bond acceptors (Lipinski definition) is 2. The van der Waals surface area contributed by atoms with Gasteiger partial charge in [0, 0.05) is 29.9 Å². The average Bonchev–Trinajstić information content (AvgIpc) is 3.17. The van der Waals surface area contributed by atoms with Crippen LogP contribution in [-0.2, 0) is 17.6 Å². The summed E-state index contributed by atoms with van der Waals surface area (Å²) in [6, 6.07) is 12.9. The van der Waals surface area contributed by atoms with E-state index in [4.69, 9.17) is 0 Å². The van der Waals surface area contributed by atoms with Crippen LogP contribution in [0.4, 0.5) is 5.69 Å². The van der Waals surface area contributed by atoms with Crippen molar-refractivity contribution in [1.29, 1.82) is 0 Å². The highest BCUT2D eigenvalue weighted by molar-refractivity contribution is 5.93. The molecular formula is C22H23N3O. The number of anilines is 1. The Morgan fingerprint density at radius 3 is 2.85 bits per heavy atom. The third kappa shape index (κ3) is 3.15. The first-order valence-electron chi connectivity index (χ1n) is 9.08.